The number of ether oxygens (including phenoxy) is 1. The Morgan fingerprint density at radius 2 is 2.03 bits per heavy atom. The number of benzene rings is 2. The summed E-state index contributed by atoms with van der Waals surface area (Å²) in [5, 5.41) is 12.3. The maximum absolute atomic E-state index is 13.8. The Morgan fingerprint density at radius 1 is 1.27 bits per heavy atom. The predicted molar refractivity (Wildman–Crippen MR) is 106 cm³/mol. The number of carbonyl (C=O) groups excluding carboxylic acids is 2. The lowest BCUT2D eigenvalue weighted by Crippen LogP contribution is -2.46. The lowest BCUT2D eigenvalue weighted by atomic mass is 10.1. The first kappa shape index (κ1) is 19.9. The molecule has 0 spiro atoms. The monoisotopic (exact) mass is 412 g/mol. The molecule has 1 atom stereocenters. The van der Waals surface area contributed by atoms with Gasteiger partial charge in [0.1, 0.15) is 35.6 Å². The molecule has 2 aromatic carbocycles. The molecule has 1 fully saturated rings. The van der Waals surface area contributed by atoms with Crippen molar-refractivity contribution in [2.45, 2.75) is 31.4 Å². The molecular weight excluding hydrogens is 391 g/mol. The number of carbonyl (C=O) groups is 2. The molecule has 30 heavy (non-hydrogen) atoms. The van der Waals surface area contributed by atoms with Crippen LogP contribution in [-0.4, -0.2) is 29.6 Å². The van der Waals surface area contributed by atoms with Crippen LogP contribution < -0.4 is 15.8 Å². The van der Waals surface area contributed by atoms with E-state index in [0.29, 0.717) is 33.6 Å². The minimum atomic E-state index is -1.20. The number of hydrogen-bond donors (Lipinski definition) is 3. The fraction of sp³-hybridized carbons (Fsp3) is 0.273. The Labute approximate surface area is 171 Å². The normalized spacial score (nSPS) is 14.5. The number of primary amides is 1. The third-order valence-corrected chi connectivity index (χ3v) is 5.05. The summed E-state index contributed by atoms with van der Waals surface area (Å²) in [5.41, 5.74) is 6.42. The van der Waals surface area contributed by atoms with Crippen LogP contribution in [0, 0.1) is 5.82 Å². The van der Waals surface area contributed by atoms with E-state index in [-0.39, 0.29) is 18.3 Å². The summed E-state index contributed by atoms with van der Waals surface area (Å²) in [5.74, 6) is -0.645. The molecular formula is C22H21FN2O5. The van der Waals surface area contributed by atoms with Gasteiger partial charge >= 0.3 is 0 Å². The second-order valence-corrected chi connectivity index (χ2v) is 7.26. The highest BCUT2D eigenvalue weighted by Crippen LogP contribution is 2.45. The summed E-state index contributed by atoms with van der Waals surface area (Å²) < 4.78 is 25.4. The van der Waals surface area contributed by atoms with Crippen molar-refractivity contribution in [3.05, 3.63) is 65.2 Å². The minimum Gasteiger partial charge on any atom is -0.489 e. The summed E-state index contributed by atoms with van der Waals surface area (Å²) in [6.45, 7) is -0.575. The third kappa shape index (κ3) is 3.99. The molecule has 4 rings (SSSR count). The molecule has 1 aliphatic rings. The van der Waals surface area contributed by atoms with Crippen LogP contribution in [0.4, 0.5) is 4.39 Å². The van der Waals surface area contributed by atoms with E-state index in [9.17, 15) is 19.1 Å². The van der Waals surface area contributed by atoms with Gasteiger partial charge in [0.25, 0.3) is 5.91 Å². The van der Waals surface area contributed by atoms with Gasteiger partial charge in [0, 0.05) is 16.9 Å². The van der Waals surface area contributed by atoms with Gasteiger partial charge in [-0.05, 0) is 37.1 Å². The van der Waals surface area contributed by atoms with E-state index in [4.69, 9.17) is 14.9 Å². The topological polar surface area (TPSA) is 115 Å². The highest BCUT2D eigenvalue weighted by molar-refractivity contribution is 6.09. The van der Waals surface area contributed by atoms with E-state index < -0.39 is 24.5 Å². The summed E-state index contributed by atoms with van der Waals surface area (Å²) >= 11 is 0. The SMILES string of the molecule is NC(=O)[C@H](CO)NC(=O)c1c(C2CC2)oc2ccc(OCc3ccccc3F)cc12. The number of amides is 2. The molecule has 0 saturated heterocycles. The summed E-state index contributed by atoms with van der Waals surface area (Å²) in [4.78, 5) is 24.3. The van der Waals surface area contributed by atoms with Gasteiger partial charge in [-0.3, -0.25) is 9.59 Å². The van der Waals surface area contributed by atoms with Gasteiger partial charge < -0.3 is 25.3 Å². The van der Waals surface area contributed by atoms with Crippen LogP contribution in [0.25, 0.3) is 11.0 Å². The van der Waals surface area contributed by atoms with Crippen LogP contribution in [0.3, 0.4) is 0 Å². The maximum atomic E-state index is 13.8. The van der Waals surface area contributed by atoms with Crippen LogP contribution >= 0.6 is 0 Å². The van der Waals surface area contributed by atoms with Crippen molar-refractivity contribution in [2.75, 3.05) is 6.61 Å². The number of rotatable bonds is 8. The first-order valence-electron chi connectivity index (χ1n) is 9.61. The maximum Gasteiger partial charge on any atom is 0.256 e. The number of aliphatic hydroxyl groups is 1. The quantitative estimate of drug-likeness (QED) is 0.526. The van der Waals surface area contributed by atoms with Gasteiger partial charge in [0.2, 0.25) is 5.91 Å². The van der Waals surface area contributed by atoms with Crippen molar-refractivity contribution in [3.63, 3.8) is 0 Å². The molecule has 1 aliphatic carbocycles. The zero-order chi connectivity index (χ0) is 21.3. The van der Waals surface area contributed by atoms with E-state index >= 15 is 0 Å². The van der Waals surface area contributed by atoms with Crippen LogP contribution in [0.1, 0.15) is 40.4 Å². The largest absolute Gasteiger partial charge is 0.489 e. The average Bonchev–Trinajstić information content (AvgIpc) is 3.51. The average molecular weight is 412 g/mol. The molecule has 1 aromatic heterocycles. The second-order valence-electron chi connectivity index (χ2n) is 7.26. The van der Waals surface area contributed by atoms with E-state index in [1.807, 2.05) is 0 Å². The number of aliphatic hydroxyl groups excluding tert-OH is 1. The molecule has 0 radical (unpaired) electrons. The van der Waals surface area contributed by atoms with Gasteiger partial charge in [-0.25, -0.2) is 4.39 Å². The Kier molecular flexibility index (Phi) is 5.41. The molecule has 1 heterocycles. The molecule has 8 heteroatoms. The van der Waals surface area contributed by atoms with Gasteiger partial charge in [0.05, 0.1) is 12.2 Å². The van der Waals surface area contributed by atoms with Crippen molar-refractivity contribution >= 4 is 22.8 Å². The van der Waals surface area contributed by atoms with Crippen molar-refractivity contribution < 1.29 is 28.2 Å². The first-order valence-corrected chi connectivity index (χ1v) is 9.61. The van der Waals surface area contributed by atoms with E-state index in [2.05, 4.69) is 5.32 Å². The highest BCUT2D eigenvalue weighted by Gasteiger charge is 2.34. The molecule has 0 bridgehead atoms. The van der Waals surface area contributed by atoms with Crippen LogP contribution in [0.15, 0.2) is 46.9 Å². The van der Waals surface area contributed by atoms with Crippen molar-refractivity contribution in [3.8, 4) is 5.75 Å². The Bertz CT molecular complexity index is 1110. The number of nitrogens with one attached hydrogen (secondary N) is 1. The highest BCUT2D eigenvalue weighted by atomic mass is 19.1. The van der Waals surface area contributed by atoms with Gasteiger partial charge in [-0.1, -0.05) is 18.2 Å². The van der Waals surface area contributed by atoms with Gasteiger partial charge in [0.15, 0.2) is 0 Å². The number of nitrogens with two attached hydrogens (primary N) is 1. The van der Waals surface area contributed by atoms with Crippen LogP contribution in [0.2, 0.25) is 0 Å². The minimum absolute atomic E-state index is 0.0291. The molecule has 2 amide bonds. The molecule has 156 valence electrons. The molecule has 4 N–H and O–H groups in total. The smallest absolute Gasteiger partial charge is 0.256 e. The molecule has 1 saturated carbocycles. The summed E-state index contributed by atoms with van der Waals surface area (Å²) in [6.07, 6.45) is 1.80. The zero-order valence-electron chi connectivity index (χ0n) is 16.1. The molecule has 0 aliphatic heterocycles. The third-order valence-electron chi connectivity index (χ3n) is 5.05. The van der Waals surface area contributed by atoms with E-state index in [1.165, 1.54) is 6.07 Å². The van der Waals surface area contributed by atoms with Gasteiger partial charge in [-0.2, -0.15) is 0 Å². The van der Waals surface area contributed by atoms with E-state index in [0.717, 1.165) is 12.8 Å². The van der Waals surface area contributed by atoms with Crippen LogP contribution in [-0.2, 0) is 11.4 Å². The molecule has 7 nitrogen and oxygen atoms in total. The molecule has 3 aromatic rings. The number of furan rings is 1. The fourth-order valence-corrected chi connectivity index (χ4v) is 3.27. The summed E-state index contributed by atoms with van der Waals surface area (Å²) in [7, 11) is 0. The lowest BCUT2D eigenvalue weighted by molar-refractivity contribution is -0.120. The first-order chi connectivity index (χ1) is 14.5. The molecule has 0 unspecified atom stereocenters. The number of halogens is 1. The Hall–Kier alpha value is -3.39. The van der Waals surface area contributed by atoms with Crippen molar-refractivity contribution in [2.24, 2.45) is 5.73 Å². The Balaban J connectivity index is 1.65. The van der Waals surface area contributed by atoms with Crippen molar-refractivity contribution in [1.82, 2.24) is 5.32 Å². The standard InChI is InChI=1S/C22H21FN2O5/c23-16-4-2-1-3-13(16)11-29-14-7-8-18-15(9-14)19(20(30-18)12-5-6-12)22(28)25-17(10-26)21(24)27/h1-4,7-9,12,17,26H,5-6,10-11H2,(H2,24,27)(H,25,28)/t17-/m0/s1. The fourth-order valence-electron chi connectivity index (χ4n) is 3.27. The Morgan fingerprint density at radius 3 is 2.70 bits per heavy atom. The zero-order valence-corrected chi connectivity index (χ0v) is 16.1. The summed E-state index contributed by atoms with van der Waals surface area (Å²) in [6, 6.07) is 10.1. The second kappa shape index (κ2) is 8.16. The van der Waals surface area contributed by atoms with Crippen molar-refractivity contribution in [1.29, 1.82) is 0 Å². The van der Waals surface area contributed by atoms with Crippen LogP contribution in [0.5, 0.6) is 5.75 Å². The predicted octanol–water partition coefficient (Wildman–Crippen LogP) is 2.60. The lowest BCUT2D eigenvalue weighted by Gasteiger charge is -2.13. The van der Waals surface area contributed by atoms with E-state index in [1.54, 1.807) is 36.4 Å². The number of fused-ring (bicyclic) bond motifs is 1. The van der Waals surface area contributed by atoms with Gasteiger partial charge in [-0.15, -0.1) is 0 Å². The number of hydrogen-bond acceptors (Lipinski definition) is 5.